The second-order valence-electron chi connectivity index (χ2n) is 6.95. The highest BCUT2D eigenvalue weighted by Crippen LogP contribution is 2.21. The number of likely N-dealkylation sites (tertiary alicyclic amines) is 1. The molecule has 0 bridgehead atoms. The molecule has 1 aliphatic rings. The summed E-state index contributed by atoms with van der Waals surface area (Å²) in [7, 11) is -2.09. The lowest BCUT2D eigenvalue weighted by Crippen LogP contribution is -2.47. The van der Waals surface area contributed by atoms with Crippen LogP contribution in [0.5, 0.6) is 5.75 Å². The molecular weight excluding hydrogens is 414 g/mol. The Kier molecular flexibility index (Phi) is 6.66. The number of hydrogen-bond acceptors (Lipinski definition) is 4. The Bertz CT molecular complexity index is 972. The third-order valence-corrected chi connectivity index (χ3v) is 6.84. The lowest BCUT2D eigenvalue weighted by molar-refractivity contribution is 0.193. The first kappa shape index (κ1) is 21.4. The average Bonchev–Trinajstić information content (AvgIpc) is 2.71. The van der Waals surface area contributed by atoms with Crippen molar-refractivity contribution in [2.45, 2.75) is 30.7 Å². The number of amides is 2. The lowest BCUT2D eigenvalue weighted by atomic mass is 10.1. The van der Waals surface area contributed by atoms with E-state index in [4.69, 9.17) is 16.3 Å². The molecule has 156 valence electrons. The van der Waals surface area contributed by atoms with Crippen molar-refractivity contribution in [1.29, 1.82) is 0 Å². The smallest absolute Gasteiger partial charge is 0.321 e. The van der Waals surface area contributed by atoms with E-state index >= 15 is 0 Å². The zero-order valence-corrected chi connectivity index (χ0v) is 17.9. The van der Waals surface area contributed by atoms with Crippen molar-refractivity contribution in [2.24, 2.45) is 0 Å². The van der Waals surface area contributed by atoms with Gasteiger partial charge in [0, 0.05) is 29.8 Å². The Morgan fingerprint density at radius 2 is 1.79 bits per heavy atom. The van der Waals surface area contributed by atoms with Crippen LogP contribution in [0.3, 0.4) is 0 Å². The van der Waals surface area contributed by atoms with Crippen molar-refractivity contribution in [3.63, 3.8) is 0 Å². The Morgan fingerprint density at radius 3 is 2.38 bits per heavy atom. The van der Waals surface area contributed by atoms with Crippen LogP contribution in [0, 0.1) is 6.92 Å². The summed E-state index contributed by atoms with van der Waals surface area (Å²) in [6, 6.07) is 11.2. The van der Waals surface area contributed by atoms with Gasteiger partial charge >= 0.3 is 6.03 Å². The van der Waals surface area contributed by atoms with Crippen LogP contribution in [0.4, 0.5) is 10.5 Å². The van der Waals surface area contributed by atoms with Gasteiger partial charge in [0.05, 0.1) is 12.0 Å². The Morgan fingerprint density at radius 1 is 1.14 bits per heavy atom. The molecule has 0 atom stereocenters. The normalized spacial score (nSPS) is 15.2. The predicted octanol–water partition coefficient (Wildman–Crippen LogP) is 3.63. The summed E-state index contributed by atoms with van der Waals surface area (Å²) in [6.45, 7) is 2.81. The van der Waals surface area contributed by atoms with Gasteiger partial charge in [-0.05, 0) is 61.7 Å². The third-order valence-electron chi connectivity index (χ3n) is 4.90. The monoisotopic (exact) mass is 437 g/mol. The minimum absolute atomic E-state index is 0.190. The van der Waals surface area contributed by atoms with Crippen LogP contribution < -0.4 is 14.8 Å². The van der Waals surface area contributed by atoms with E-state index < -0.39 is 10.0 Å². The quantitative estimate of drug-likeness (QED) is 0.747. The molecule has 0 unspecified atom stereocenters. The van der Waals surface area contributed by atoms with Crippen LogP contribution in [-0.2, 0) is 10.0 Å². The summed E-state index contributed by atoms with van der Waals surface area (Å²) in [5.74, 6) is 0.595. The highest BCUT2D eigenvalue weighted by Gasteiger charge is 2.26. The second kappa shape index (κ2) is 9.02. The number of carbonyl (C=O) groups excluding carboxylic acids is 1. The second-order valence-corrected chi connectivity index (χ2v) is 9.07. The van der Waals surface area contributed by atoms with Crippen molar-refractivity contribution >= 4 is 33.3 Å². The number of ether oxygens (including phenoxy) is 1. The highest BCUT2D eigenvalue weighted by atomic mass is 35.5. The molecule has 2 amide bonds. The van der Waals surface area contributed by atoms with Crippen molar-refractivity contribution in [3.05, 3.63) is 53.1 Å². The molecule has 0 aliphatic carbocycles. The fourth-order valence-electron chi connectivity index (χ4n) is 3.12. The summed E-state index contributed by atoms with van der Waals surface area (Å²) in [5.41, 5.74) is 1.57. The van der Waals surface area contributed by atoms with Gasteiger partial charge in [0.25, 0.3) is 0 Å². The number of carbonyl (C=O) groups is 1. The fraction of sp³-hybridized carbons (Fsp3) is 0.350. The number of nitrogens with one attached hydrogen (secondary N) is 2. The summed E-state index contributed by atoms with van der Waals surface area (Å²) >= 11 is 6.09. The number of urea groups is 1. The molecule has 0 spiro atoms. The molecule has 1 heterocycles. The first-order valence-electron chi connectivity index (χ1n) is 9.27. The maximum absolute atomic E-state index is 12.6. The molecule has 29 heavy (non-hydrogen) atoms. The van der Waals surface area contributed by atoms with Gasteiger partial charge in [-0.15, -0.1) is 0 Å². The van der Waals surface area contributed by atoms with E-state index in [1.54, 1.807) is 29.2 Å². The number of sulfonamides is 1. The van der Waals surface area contributed by atoms with Crippen molar-refractivity contribution in [2.75, 3.05) is 25.5 Å². The largest absolute Gasteiger partial charge is 0.497 e. The first-order valence-corrected chi connectivity index (χ1v) is 11.1. The number of nitrogens with zero attached hydrogens (tertiary/aromatic N) is 1. The van der Waals surface area contributed by atoms with Gasteiger partial charge in [-0.3, -0.25) is 0 Å². The number of aryl methyl sites for hydroxylation is 1. The summed E-state index contributed by atoms with van der Waals surface area (Å²) < 4.78 is 32.9. The minimum Gasteiger partial charge on any atom is -0.497 e. The van der Waals surface area contributed by atoms with Crippen LogP contribution in [-0.4, -0.2) is 45.6 Å². The Labute approximate surface area is 176 Å². The maximum Gasteiger partial charge on any atom is 0.321 e. The van der Waals surface area contributed by atoms with E-state index in [0.29, 0.717) is 42.4 Å². The first-order chi connectivity index (χ1) is 13.8. The van der Waals surface area contributed by atoms with Gasteiger partial charge in [-0.25, -0.2) is 17.9 Å². The standard InChI is InChI=1S/C20H24ClN3O4S/c1-14-3-4-16(13-19(14)21)22-20(25)24-11-9-15(10-12-24)23-29(26,27)18-7-5-17(28-2)6-8-18/h3-8,13,15,23H,9-12H2,1-2H3,(H,22,25). The van der Waals surface area contributed by atoms with E-state index in [0.717, 1.165) is 5.56 Å². The summed E-state index contributed by atoms with van der Waals surface area (Å²) in [5, 5.41) is 3.42. The van der Waals surface area contributed by atoms with Crippen molar-refractivity contribution in [3.8, 4) is 5.75 Å². The van der Waals surface area contributed by atoms with Gasteiger partial charge in [-0.1, -0.05) is 17.7 Å². The molecule has 9 heteroatoms. The predicted molar refractivity (Wildman–Crippen MR) is 113 cm³/mol. The minimum atomic E-state index is -3.62. The number of methoxy groups -OCH3 is 1. The molecule has 7 nitrogen and oxygen atoms in total. The molecule has 2 N–H and O–H groups in total. The number of anilines is 1. The zero-order valence-electron chi connectivity index (χ0n) is 16.3. The van der Waals surface area contributed by atoms with Gasteiger partial charge in [0.1, 0.15) is 5.75 Å². The maximum atomic E-state index is 12.6. The molecule has 1 fully saturated rings. The summed E-state index contributed by atoms with van der Waals surface area (Å²) in [4.78, 5) is 14.3. The zero-order chi connectivity index (χ0) is 21.0. The topological polar surface area (TPSA) is 87.7 Å². The fourth-order valence-corrected chi connectivity index (χ4v) is 4.60. The average molecular weight is 438 g/mol. The number of hydrogen-bond donors (Lipinski definition) is 2. The number of halogens is 1. The van der Waals surface area contributed by atoms with E-state index in [-0.39, 0.29) is 17.0 Å². The van der Waals surface area contributed by atoms with Gasteiger partial charge in [-0.2, -0.15) is 0 Å². The SMILES string of the molecule is COc1ccc(S(=O)(=O)NC2CCN(C(=O)Nc3ccc(C)c(Cl)c3)CC2)cc1. The number of benzene rings is 2. The van der Waals surface area contributed by atoms with Crippen molar-refractivity contribution < 1.29 is 17.9 Å². The molecular formula is C20H24ClN3O4S. The van der Waals surface area contributed by atoms with Crippen molar-refractivity contribution in [1.82, 2.24) is 9.62 Å². The number of piperidine rings is 1. The Balaban J connectivity index is 1.54. The van der Waals surface area contributed by atoms with Gasteiger partial charge in [0.15, 0.2) is 0 Å². The van der Waals surface area contributed by atoms with Gasteiger partial charge in [0.2, 0.25) is 10.0 Å². The van der Waals surface area contributed by atoms with E-state index in [1.165, 1.54) is 19.2 Å². The van der Waals surface area contributed by atoms with E-state index in [9.17, 15) is 13.2 Å². The molecule has 0 saturated carbocycles. The third kappa shape index (κ3) is 5.41. The molecule has 1 saturated heterocycles. The van der Waals surface area contributed by atoms with Crippen LogP contribution in [0.2, 0.25) is 5.02 Å². The molecule has 0 aromatic heterocycles. The van der Waals surface area contributed by atoms with E-state index in [1.807, 2.05) is 13.0 Å². The highest BCUT2D eigenvalue weighted by molar-refractivity contribution is 7.89. The van der Waals surface area contributed by atoms with E-state index in [2.05, 4.69) is 10.0 Å². The van der Waals surface area contributed by atoms with Gasteiger partial charge < -0.3 is 15.0 Å². The molecule has 1 aliphatic heterocycles. The molecule has 0 radical (unpaired) electrons. The summed E-state index contributed by atoms with van der Waals surface area (Å²) in [6.07, 6.45) is 1.08. The number of rotatable bonds is 5. The molecule has 2 aromatic rings. The molecule has 2 aromatic carbocycles. The van der Waals surface area contributed by atoms with Crippen LogP contribution in [0.1, 0.15) is 18.4 Å². The van der Waals surface area contributed by atoms with Crippen LogP contribution in [0.15, 0.2) is 47.4 Å². The lowest BCUT2D eigenvalue weighted by Gasteiger charge is -2.32. The Hall–Kier alpha value is -2.29. The van der Waals surface area contributed by atoms with Crippen LogP contribution >= 0.6 is 11.6 Å². The molecule has 3 rings (SSSR count). The van der Waals surface area contributed by atoms with Crippen LogP contribution in [0.25, 0.3) is 0 Å².